The molecular formula is C15H23ClN2O. The van der Waals surface area contributed by atoms with Gasteiger partial charge in [-0.05, 0) is 37.4 Å². The quantitative estimate of drug-likeness (QED) is 0.890. The third kappa shape index (κ3) is 4.84. The van der Waals surface area contributed by atoms with Crippen LogP contribution in [0.3, 0.4) is 0 Å². The monoisotopic (exact) mass is 282 g/mol. The minimum Gasteiger partial charge on any atom is -0.355 e. The maximum atomic E-state index is 12.0. The lowest BCUT2D eigenvalue weighted by atomic mass is 9.96. The minimum absolute atomic E-state index is 0. The van der Waals surface area contributed by atoms with Gasteiger partial charge < -0.3 is 10.6 Å². The largest absolute Gasteiger partial charge is 0.355 e. The number of nitrogens with one attached hydrogen (secondary N) is 2. The molecule has 0 saturated carbocycles. The van der Waals surface area contributed by atoms with E-state index in [-0.39, 0.29) is 24.2 Å². The van der Waals surface area contributed by atoms with Crippen LogP contribution in [0.5, 0.6) is 0 Å². The molecule has 1 aliphatic heterocycles. The number of benzene rings is 1. The van der Waals surface area contributed by atoms with E-state index >= 15 is 0 Å². The first kappa shape index (κ1) is 16.0. The van der Waals surface area contributed by atoms with Crippen molar-refractivity contribution in [3.05, 3.63) is 35.9 Å². The summed E-state index contributed by atoms with van der Waals surface area (Å²) in [7, 11) is 0. The molecule has 106 valence electrons. The van der Waals surface area contributed by atoms with Crippen molar-refractivity contribution in [2.24, 2.45) is 5.92 Å². The standard InChI is InChI=1S/C15H22N2O.ClH/c1-12(13-5-3-2-4-6-13)11-17-15(18)14-7-9-16-10-8-14;/h2-6,12,14,16H,7-11H2,1H3,(H,17,18);1H. The Kier molecular flexibility index (Phi) is 6.89. The second kappa shape index (κ2) is 8.18. The van der Waals surface area contributed by atoms with Crippen LogP contribution < -0.4 is 10.6 Å². The number of piperidine rings is 1. The van der Waals surface area contributed by atoms with Crippen LogP contribution in [0.15, 0.2) is 30.3 Å². The predicted molar refractivity (Wildman–Crippen MR) is 80.7 cm³/mol. The van der Waals surface area contributed by atoms with E-state index in [0.29, 0.717) is 5.92 Å². The maximum Gasteiger partial charge on any atom is 0.223 e. The Morgan fingerprint density at radius 1 is 1.32 bits per heavy atom. The summed E-state index contributed by atoms with van der Waals surface area (Å²) < 4.78 is 0. The van der Waals surface area contributed by atoms with Crippen molar-refractivity contribution in [2.75, 3.05) is 19.6 Å². The van der Waals surface area contributed by atoms with Gasteiger partial charge in [-0.1, -0.05) is 37.3 Å². The van der Waals surface area contributed by atoms with Crippen LogP contribution in [-0.2, 0) is 4.79 Å². The van der Waals surface area contributed by atoms with Crippen molar-refractivity contribution < 1.29 is 4.79 Å². The van der Waals surface area contributed by atoms with E-state index in [4.69, 9.17) is 0 Å². The molecule has 1 unspecified atom stereocenters. The Balaban J connectivity index is 0.00000180. The summed E-state index contributed by atoms with van der Waals surface area (Å²) in [5, 5.41) is 6.36. The van der Waals surface area contributed by atoms with E-state index in [2.05, 4.69) is 29.7 Å². The summed E-state index contributed by atoms with van der Waals surface area (Å²) in [6.45, 7) is 4.81. The van der Waals surface area contributed by atoms with E-state index in [1.165, 1.54) is 5.56 Å². The summed E-state index contributed by atoms with van der Waals surface area (Å²) in [5.74, 6) is 0.797. The highest BCUT2D eigenvalue weighted by Crippen LogP contribution is 2.15. The highest BCUT2D eigenvalue weighted by Gasteiger charge is 2.20. The first-order valence-electron chi connectivity index (χ1n) is 6.80. The molecule has 0 bridgehead atoms. The van der Waals surface area contributed by atoms with Crippen molar-refractivity contribution in [1.82, 2.24) is 10.6 Å². The molecule has 2 N–H and O–H groups in total. The molecule has 1 heterocycles. The highest BCUT2D eigenvalue weighted by atomic mass is 35.5. The van der Waals surface area contributed by atoms with Gasteiger partial charge in [0.15, 0.2) is 0 Å². The average Bonchev–Trinajstić information content (AvgIpc) is 2.46. The Bertz CT molecular complexity index is 377. The van der Waals surface area contributed by atoms with Gasteiger partial charge in [-0.15, -0.1) is 12.4 Å². The number of hydrogen-bond acceptors (Lipinski definition) is 2. The van der Waals surface area contributed by atoms with Gasteiger partial charge in [-0.2, -0.15) is 0 Å². The fourth-order valence-corrected chi connectivity index (χ4v) is 2.38. The molecule has 19 heavy (non-hydrogen) atoms. The summed E-state index contributed by atoms with van der Waals surface area (Å²) in [6.07, 6.45) is 1.93. The van der Waals surface area contributed by atoms with Crippen molar-refractivity contribution in [1.29, 1.82) is 0 Å². The number of carbonyl (C=O) groups is 1. The van der Waals surface area contributed by atoms with Crippen LogP contribution in [0.25, 0.3) is 0 Å². The third-order valence-electron chi connectivity index (χ3n) is 3.66. The van der Waals surface area contributed by atoms with Crippen molar-refractivity contribution in [3.63, 3.8) is 0 Å². The molecule has 1 amide bonds. The second-order valence-corrected chi connectivity index (χ2v) is 5.08. The van der Waals surface area contributed by atoms with Gasteiger partial charge in [0.2, 0.25) is 5.91 Å². The Morgan fingerprint density at radius 2 is 1.95 bits per heavy atom. The topological polar surface area (TPSA) is 41.1 Å². The Morgan fingerprint density at radius 3 is 2.58 bits per heavy atom. The number of halogens is 1. The molecule has 1 aromatic carbocycles. The zero-order valence-corrected chi connectivity index (χ0v) is 12.2. The highest BCUT2D eigenvalue weighted by molar-refractivity contribution is 5.85. The molecule has 1 aliphatic rings. The summed E-state index contributed by atoms with van der Waals surface area (Å²) >= 11 is 0. The van der Waals surface area contributed by atoms with Gasteiger partial charge >= 0.3 is 0 Å². The zero-order valence-electron chi connectivity index (χ0n) is 11.4. The third-order valence-corrected chi connectivity index (χ3v) is 3.66. The van der Waals surface area contributed by atoms with Crippen LogP contribution in [0.2, 0.25) is 0 Å². The van der Waals surface area contributed by atoms with Crippen LogP contribution in [0.1, 0.15) is 31.2 Å². The Hall–Kier alpha value is -1.06. The predicted octanol–water partition coefficient (Wildman–Crippen LogP) is 2.33. The molecule has 0 aliphatic carbocycles. The second-order valence-electron chi connectivity index (χ2n) is 5.08. The minimum atomic E-state index is 0. The molecule has 1 atom stereocenters. The van der Waals surface area contributed by atoms with E-state index in [9.17, 15) is 4.79 Å². The van der Waals surface area contributed by atoms with E-state index < -0.39 is 0 Å². The molecule has 4 heteroatoms. The smallest absolute Gasteiger partial charge is 0.223 e. The van der Waals surface area contributed by atoms with Gasteiger partial charge in [0.05, 0.1) is 0 Å². The van der Waals surface area contributed by atoms with Crippen LogP contribution in [0, 0.1) is 5.92 Å². The summed E-state index contributed by atoms with van der Waals surface area (Å²) in [4.78, 5) is 12.0. The van der Waals surface area contributed by atoms with Gasteiger partial charge in [-0.3, -0.25) is 4.79 Å². The van der Waals surface area contributed by atoms with Gasteiger partial charge in [0.25, 0.3) is 0 Å². The average molecular weight is 283 g/mol. The fourth-order valence-electron chi connectivity index (χ4n) is 2.38. The molecule has 1 fully saturated rings. The zero-order chi connectivity index (χ0) is 12.8. The number of amides is 1. The van der Waals surface area contributed by atoms with E-state index in [0.717, 1.165) is 32.5 Å². The van der Waals surface area contributed by atoms with E-state index in [1.54, 1.807) is 0 Å². The van der Waals surface area contributed by atoms with Crippen LogP contribution in [0.4, 0.5) is 0 Å². The molecule has 3 nitrogen and oxygen atoms in total. The van der Waals surface area contributed by atoms with Crippen LogP contribution >= 0.6 is 12.4 Å². The van der Waals surface area contributed by atoms with Crippen molar-refractivity contribution in [3.8, 4) is 0 Å². The molecular weight excluding hydrogens is 260 g/mol. The lowest BCUT2D eigenvalue weighted by molar-refractivity contribution is -0.125. The Labute approximate surface area is 121 Å². The lowest BCUT2D eigenvalue weighted by Crippen LogP contribution is -2.39. The number of rotatable bonds is 4. The van der Waals surface area contributed by atoms with Gasteiger partial charge in [-0.25, -0.2) is 0 Å². The number of carbonyl (C=O) groups excluding carboxylic acids is 1. The normalized spacial score (nSPS) is 17.3. The SMILES string of the molecule is CC(CNC(=O)C1CCNCC1)c1ccccc1.Cl. The van der Waals surface area contributed by atoms with Crippen LogP contribution in [-0.4, -0.2) is 25.5 Å². The first-order valence-corrected chi connectivity index (χ1v) is 6.80. The molecule has 0 radical (unpaired) electrons. The van der Waals surface area contributed by atoms with Gasteiger partial charge in [0, 0.05) is 12.5 Å². The van der Waals surface area contributed by atoms with Crippen molar-refractivity contribution >= 4 is 18.3 Å². The van der Waals surface area contributed by atoms with Gasteiger partial charge in [0.1, 0.15) is 0 Å². The summed E-state index contributed by atoms with van der Waals surface area (Å²) in [5.41, 5.74) is 1.28. The van der Waals surface area contributed by atoms with E-state index in [1.807, 2.05) is 18.2 Å². The lowest BCUT2D eigenvalue weighted by Gasteiger charge is -2.22. The molecule has 2 rings (SSSR count). The van der Waals surface area contributed by atoms with Crippen molar-refractivity contribution in [2.45, 2.75) is 25.7 Å². The molecule has 1 saturated heterocycles. The molecule has 0 aromatic heterocycles. The number of hydrogen-bond donors (Lipinski definition) is 2. The maximum absolute atomic E-state index is 12.0. The summed E-state index contributed by atoms with van der Waals surface area (Å²) in [6, 6.07) is 10.3. The fraction of sp³-hybridized carbons (Fsp3) is 0.533. The molecule has 0 spiro atoms. The first-order chi connectivity index (χ1) is 8.77. The molecule has 1 aromatic rings.